The molecule has 3 saturated carbocycles. The van der Waals surface area contributed by atoms with E-state index in [-0.39, 0.29) is 28.9 Å². The lowest BCUT2D eigenvalue weighted by molar-refractivity contribution is 0.0725. The molecule has 286 valence electrons. The first-order chi connectivity index (χ1) is 23.1. The lowest BCUT2D eigenvalue weighted by Gasteiger charge is -2.45. The van der Waals surface area contributed by atoms with Crippen molar-refractivity contribution >= 4 is 28.0 Å². The van der Waals surface area contributed by atoms with Crippen LogP contribution in [-0.4, -0.2) is 50.6 Å². The molecule has 0 amide bonds. The number of aliphatic hydroxyl groups excluding tert-OH is 2. The summed E-state index contributed by atoms with van der Waals surface area (Å²) >= 11 is 1.57. The van der Waals surface area contributed by atoms with Crippen LogP contribution in [0.3, 0.4) is 0 Å². The average molecular weight is 746 g/mol. The second-order valence-electron chi connectivity index (χ2n) is 19.8. The van der Waals surface area contributed by atoms with Crippen LogP contribution in [0.15, 0.2) is 23.3 Å². The summed E-state index contributed by atoms with van der Waals surface area (Å²) in [6.07, 6.45) is 18.2. The Bertz CT molecular complexity index is 1300. The van der Waals surface area contributed by atoms with Crippen molar-refractivity contribution in [1.82, 2.24) is 4.98 Å². The zero-order chi connectivity index (χ0) is 37.3. The number of fused-ring (bicyclic) bond motifs is 1. The Kier molecular flexibility index (Phi) is 13.8. The smallest absolute Gasteiger partial charge is 0.192 e. The molecule has 7 atom stereocenters. The van der Waals surface area contributed by atoms with Crippen LogP contribution >= 0.6 is 11.3 Å². The maximum absolute atomic E-state index is 10.9. The summed E-state index contributed by atoms with van der Waals surface area (Å²) in [5.74, 6) is 2.06. The van der Waals surface area contributed by atoms with Crippen molar-refractivity contribution in [3.8, 4) is 0 Å². The van der Waals surface area contributed by atoms with Gasteiger partial charge in [0.15, 0.2) is 16.6 Å². The first-order valence-corrected chi connectivity index (χ1v) is 26.7. The molecule has 1 unspecified atom stereocenters. The quantitative estimate of drug-likeness (QED) is 0.197. The number of aryl methyl sites for hydroxylation is 1. The summed E-state index contributed by atoms with van der Waals surface area (Å²) in [6.45, 7) is 30.9. The van der Waals surface area contributed by atoms with Gasteiger partial charge in [-0.15, -0.1) is 11.3 Å². The van der Waals surface area contributed by atoms with Gasteiger partial charge in [0.2, 0.25) is 0 Å². The molecule has 0 radical (unpaired) electrons. The lowest BCUT2D eigenvalue weighted by Crippen LogP contribution is -2.48. The molecule has 3 aliphatic carbocycles. The topological polar surface area (TPSA) is 71.8 Å². The summed E-state index contributed by atoms with van der Waals surface area (Å²) in [6, 6.07) is 0. The van der Waals surface area contributed by atoms with Crippen LogP contribution < -0.4 is 0 Å². The number of aromatic nitrogens is 1. The Morgan fingerprint density at radius 2 is 1.56 bits per heavy atom. The summed E-state index contributed by atoms with van der Waals surface area (Å²) in [5, 5.41) is 21.5. The van der Waals surface area contributed by atoms with E-state index in [4.69, 9.17) is 8.85 Å². The highest BCUT2D eigenvalue weighted by Gasteiger charge is 2.50. The predicted octanol–water partition coefficient (Wildman–Crippen LogP) is 11.9. The molecule has 1 heterocycles. The van der Waals surface area contributed by atoms with E-state index in [9.17, 15) is 10.2 Å². The fourth-order valence-electron chi connectivity index (χ4n) is 8.95. The Hall–Kier alpha value is -0.616. The molecule has 1 aromatic rings. The van der Waals surface area contributed by atoms with E-state index in [2.05, 4.69) is 98.7 Å². The number of thiazole rings is 1. The number of hydrogen-bond donors (Lipinski definition) is 2. The van der Waals surface area contributed by atoms with E-state index in [1.165, 1.54) is 37.7 Å². The van der Waals surface area contributed by atoms with Crippen molar-refractivity contribution in [3.63, 3.8) is 0 Å². The van der Waals surface area contributed by atoms with Crippen molar-refractivity contribution in [2.24, 2.45) is 23.2 Å². The van der Waals surface area contributed by atoms with Gasteiger partial charge >= 0.3 is 0 Å². The zero-order valence-electron chi connectivity index (χ0n) is 34.4. The molecular formula is C42H75NO4SSi2. The van der Waals surface area contributed by atoms with Crippen LogP contribution in [0.5, 0.6) is 0 Å². The van der Waals surface area contributed by atoms with Crippen LogP contribution in [0.2, 0.25) is 36.3 Å². The average Bonchev–Trinajstić information content (AvgIpc) is 3.54. The molecular weight excluding hydrogens is 671 g/mol. The monoisotopic (exact) mass is 745 g/mol. The molecule has 50 heavy (non-hydrogen) atoms. The summed E-state index contributed by atoms with van der Waals surface area (Å²) in [4.78, 5) is 5.72. The van der Waals surface area contributed by atoms with E-state index < -0.39 is 22.7 Å². The normalized spacial score (nSPS) is 28.9. The molecule has 3 fully saturated rings. The third-order valence-electron chi connectivity index (χ3n) is 14.0. The highest BCUT2D eigenvalue weighted by atomic mass is 32.1. The van der Waals surface area contributed by atoms with Gasteiger partial charge in [0, 0.05) is 17.9 Å². The maximum Gasteiger partial charge on any atom is 0.192 e. The third kappa shape index (κ3) is 9.92. The second-order valence-corrected chi connectivity index (χ2v) is 30.4. The van der Waals surface area contributed by atoms with E-state index in [1.807, 2.05) is 6.92 Å². The molecule has 0 spiro atoms. The molecule has 8 heteroatoms. The largest absolute Gasteiger partial charge is 0.414 e. The Morgan fingerprint density at radius 3 is 2.12 bits per heavy atom. The minimum absolute atomic E-state index is 0.130. The highest BCUT2D eigenvalue weighted by Crippen LogP contribution is 2.60. The van der Waals surface area contributed by atoms with Gasteiger partial charge in [-0.3, -0.25) is 0 Å². The number of aliphatic hydroxyl groups is 2. The van der Waals surface area contributed by atoms with Crippen LogP contribution in [0.4, 0.5) is 0 Å². The SMILES string of the molecule is Cc1nc(C(O)CCC[C@@H](C)[C@H]2CC[C@H]3/C(=C/C=C4C[C@@H](O[Si](C)(C)C(C)(C)C)C[C@H](O[Si](C)(C)C(C)(C)C)C4)CCC[C@]23C)sc1CCO. The lowest BCUT2D eigenvalue weighted by atomic mass is 9.60. The molecule has 2 N–H and O–H groups in total. The maximum atomic E-state index is 10.9. The molecule has 1 aromatic heterocycles. The molecule has 4 rings (SSSR count). The van der Waals surface area contributed by atoms with Gasteiger partial charge in [-0.1, -0.05) is 91.5 Å². The molecule has 0 saturated heterocycles. The number of allylic oxidation sites excluding steroid dienone is 3. The molecule has 5 nitrogen and oxygen atoms in total. The number of rotatable bonds is 13. The first-order valence-electron chi connectivity index (χ1n) is 20.1. The number of nitrogens with zero attached hydrogens (tertiary/aromatic N) is 1. The molecule has 0 aliphatic heterocycles. The Labute approximate surface area is 313 Å². The predicted molar refractivity (Wildman–Crippen MR) is 218 cm³/mol. The van der Waals surface area contributed by atoms with Gasteiger partial charge in [-0.05, 0) is 124 Å². The minimum Gasteiger partial charge on any atom is -0.414 e. The molecule has 0 aromatic carbocycles. The van der Waals surface area contributed by atoms with E-state index >= 15 is 0 Å². The van der Waals surface area contributed by atoms with Crippen LogP contribution in [-0.2, 0) is 15.3 Å². The van der Waals surface area contributed by atoms with E-state index in [1.54, 1.807) is 16.9 Å². The fourth-order valence-corrected chi connectivity index (χ4v) is 12.8. The van der Waals surface area contributed by atoms with Gasteiger partial charge in [-0.25, -0.2) is 4.98 Å². The van der Waals surface area contributed by atoms with Crippen molar-refractivity contribution in [2.75, 3.05) is 6.61 Å². The summed E-state index contributed by atoms with van der Waals surface area (Å²) in [7, 11) is -3.80. The van der Waals surface area contributed by atoms with Crippen LogP contribution in [0.1, 0.15) is 148 Å². The van der Waals surface area contributed by atoms with Crippen molar-refractivity contribution in [2.45, 2.75) is 194 Å². The molecule has 3 aliphatic rings. The standard InChI is InChI=1S/C42H75NO4SSi2/c1-29(16-14-18-37(45)39-43-30(2)38(48-39)23-25-44)35-21-22-36-32(17-15-24-42(35,36)9)20-19-31-26-33(46-49(10,11)40(3,4)5)28-34(27-31)47-50(12,13)41(6,7)8/h19-20,29,33-37,44-45H,14-18,21-28H2,1-13H3/b32-20+/t29-,33-,34-,35-,36+,37?,42-/m1/s1. The van der Waals surface area contributed by atoms with Crippen molar-refractivity contribution in [1.29, 1.82) is 0 Å². The van der Waals surface area contributed by atoms with E-state index in [0.717, 1.165) is 60.0 Å². The second kappa shape index (κ2) is 16.4. The van der Waals surface area contributed by atoms with Crippen LogP contribution in [0.25, 0.3) is 0 Å². The van der Waals surface area contributed by atoms with Crippen molar-refractivity contribution in [3.05, 3.63) is 38.9 Å². The van der Waals surface area contributed by atoms with Gasteiger partial charge in [0.05, 0.1) is 17.9 Å². The van der Waals surface area contributed by atoms with Gasteiger partial charge in [-0.2, -0.15) is 0 Å². The fraction of sp³-hybridized carbons (Fsp3) is 0.833. The van der Waals surface area contributed by atoms with E-state index in [0.29, 0.717) is 23.7 Å². The highest BCUT2D eigenvalue weighted by molar-refractivity contribution is 7.11. The van der Waals surface area contributed by atoms with Crippen LogP contribution in [0, 0.1) is 30.1 Å². The minimum atomic E-state index is -1.90. The van der Waals surface area contributed by atoms with Gasteiger partial charge in [0.1, 0.15) is 11.1 Å². The Balaban J connectivity index is 1.44. The summed E-state index contributed by atoms with van der Waals surface area (Å²) < 4.78 is 14.2. The first kappa shape index (κ1) is 42.1. The number of hydrogen-bond acceptors (Lipinski definition) is 6. The zero-order valence-corrected chi connectivity index (χ0v) is 37.2. The Morgan fingerprint density at radius 1 is 0.960 bits per heavy atom. The molecule has 0 bridgehead atoms. The van der Waals surface area contributed by atoms with Gasteiger partial charge < -0.3 is 19.1 Å². The summed E-state index contributed by atoms with van der Waals surface area (Å²) in [5.41, 5.74) is 4.52. The third-order valence-corrected chi connectivity index (χ3v) is 24.4. The van der Waals surface area contributed by atoms with Crippen molar-refractivity contribution < 1.29 is 19.1 Å². The van der Waals surface area contributed by atoms with Gasteiger partial charge in [0.25, 0.3) is 0 Å².